The van der Waals surface area contributed by atoms with E-state index in [1.54, 1.807) is 0 Å². The molecule has 0 unspecified atom stereocenters. The summed E-state index contributed by atoms with van der Waals surface area (Å²) in [5.41, 5.74) is 1.38. The van der Waals surface area contributed by atoms with Crippen molar-refractivity contribution >= 4 is 15.9 Å². The fourth-order valence-corrected chi connectivity index (χ4v) is 1.82. The Morgan fingerprint density at radius 2 is 1.83 bits per heavy atom. The van der Waals surface area contributed by atoms with Crippen molar-refractivity contribution in [2.75, 3.05) is 13.2 Å². The molecule has 0 amide bonds. The van der Waals surface area contributed by atoms with Crippen LogP contribution in [-0.2, 0) is 11.3 Å². The van der Waals surface area contributed by atoms with Crippen molar-refractivity contribution in [2.24, 2.45) is 5.41 Å². The summed E-state index contributed by atoms with van der Waals surface area (Å²) in [6.45, 7) is 11.2. The first kappa shape index (κ1) is 15.7. The van der Waals surface area contributed by atoms with Gasteiger partial charge in [0.05, 0.1) is 13.2 Å². The van der Waals surface area contributed by atoms with Crippen LogP contribution in [0.4, 0.5) is 0 Å². The van der Waals surface area contributed by atoms with Crippen LogP contribution in [-0.4, -0.2) is 19.2 Å². The van der Waals surface area contributed by atoms with Gasteiger partial charge in [0.1, 0.15) is 0 Å². The fraction of sp³-hybridized carbons (Fsp3) is 0.600. The van der Waals surface area contributed by atoms with Crippen LogP contribution in [0.3, 0.4) is 0 Å². The molecule has 0 bridgehead atoms. The SMILES string of the molecule is CC(C)NCC(C)(C)COCc1ccc(Br)cc1. The van der Waals surface area contributed by atoms with Crippen molar-refractivity contribution in [1.82, 2.24) is 5.32 Å². The highest BCUT2D eigenvalue weighted by Crippen LogP contribution is 2.16. The maximum atomic E-state index is 5.80. The maximum absolute atomic E-state index is 5.80. The minimum Gasteiger partial charge on any atom is -0.376 e. The summed E-state index contributed by atoms with van der Waals surface area (Å²) >= 11 is 3.43. The third-order valence-electron chi connectivity index (χ3n) is 2.66. The minimum absolute atomic E-state index is 0.166. The predicted octanol–water partition coefficient (Wildman–Crippen LogP) is 3.99. The monoisotopic (exact) mass is 313 g/mol. The van der Waals surface area contributed by atoms with Crippen LogP contribution in [0.2, 0.25) is 0 Å². The van der Waals surface area contributed by atoms with Gasteiger partial charge in [-0.15, -0.1) is 0 Å². The molecule has 102 valence electrons. The Balaban J connectivity index is 2.29. The van der Waals surface area contributed by atoms with Gasteiger partial charge in [-0.1, -0.05) is 55.8 Å². The van der Waals surface area contributed by atoms with Crippen molar-refractivity contribution in [1.29, 1.82) is 0 Å². The van der Waals surface area contributed by atoms with Gasteiger partial charge in [-0.2, -0.15) is 0 Å². The van der Waals surface area contributed by atoms with Crippen LogP contribution in [0.1, 0.15) is 33.3 Å². The largest absolute Gasteiger partial charge is 0.376 e. The molecule has 3 heteroatoms. The van der Waals surface area contributed by atoms with E-state index in [0.717, 1.165) is 17.6 Å². The number of hydrogen-bond acceptors (Lipinski definition) is 2. The van der Waals surface area contributed by atoms with Gasteiger partial charge in [0, 0.05) is 22.5 Å². The summed E-state index contributed by atoms with van der Waals surface area (Å²) in [5, 5.41) is 3.46. The van der Waals surface area contributed by atoms with Crippen LogP contribution in [0.15, 0.2) is 28.7 Å². The van der Waals surface area contributed by atoms with Gasteiger partial charge in [0.2, 0.25) is 0 Å². The van der Waals surface area contributed by atoms with Gasteiger partial charge in [0.15, 0.2) is 0 Å². The normalized spacial score (nSPS) is 12.1. The van der Waals surface area contributed by atoms with Crippen LogP contribution in [0.5, 0.6) is 0 Å². The Kier molecular flexibility index (Phi) is 6.33. The second kappa shape index (κ2) is 7.27. The zero-order valence-corrected chi connectivity index (χ0v) is 13.4. The standard InChI is InChI=1S/C15H24BrNO/c1-12(2)17-10-15(3,4)11-18-9-13-5-7-14(16)8-6-13/h5-8,12,17H,9-11H2,1-4H3. The zero-order valence-electron chi connectivity index (χ0n) is 11.8. The molecular formula is C15H24BrNO. The summed E-state index contributed by atoms with van der Waals surface area (Å²) in [7, 11) is 0. The highest BCUT2D eigenvalue weighted by atomic mass is 79.9. The lowest BCUT2D eigenvalue weighted by Crippen LogP contribution is -2.36. The molecule has 18 heavy (non-hydrogen) atoms. The first-order chi connectivity index (χ1) is 8.39. The first-order valence-corrected chi connectivity index (χ1v) is 7.24. The second-order valence-corrected chi connectivity index (χ2v) is 6.73. The van der Waals surface area contributed by atoms with Gasteiger partial charge in [-0.05, 0) is 17.7 Å². The second-order valence-electron chi connectivity index (χ2n) is 5.82. The van der Waals surface area contributed by atoms with Crippen molar-refractivity contribution in [3.63, 3.8) is 0 Å². The smallest absolute Gasteiger partial charge is 0.0717 e. The number of nitrogens with one attached hydrogen (secondary N) is 1. The van der Waals surface area contributed by atoms with Gasteiger partial charge in [-0.3, -0.25) is 0 Å². The van der Waals surface area contributed by atoms with Crippen LogP contribution >= 0.6 is 15.9 Å². The summed E-state index contributed by atoms with van der Waals surface area (Å²) < 4.78 is 6.91. The molecule has 0 radical (unpaired) electrons. The van der Waals surface area contributed by atoms with E-state index in [4.69, 9.17) is 4.74 Å². The molecule has 0 fully saturated rings. The highest BCUT2D eigenvalue weighted by molar-refractivity contribution is 9.10. The van der Waals surface area contributed by atoms with E-state index in [0.29, 0.717) is 12.6 Å². The van der Waals surface area contributed by atoms with E-state index in [-0.39, 0.29) is 5.41 Å². The highest BCUT2D eigenvalue weighted by Gasteiger charge is 2.18. The number of ether oxygens (including phenoxy) is 1. The first-order valence-electron chi connectivity index (χ1n) is 6.45. The summed E-state index contributed by atoms with van der Waals surface area (Å²) in [6.07, 6.45) is 0. The third-order valence-corrected chi connectivity index (χ3v) is 3.19. The molecule has 1 N–H and O–H groups in total. The molecule has 1 rings (SSSR count). The average Bonchev–Trinajstić information content (AvgIpc) is 2.29. The Morgan fingerprint density at radius 3 is 2.39 bits per heavy atom. The van der Waals surface area contributed by atoms with Crippen molar-refractivity contribution in [2.45, 2.75) is 40.3 Å². The summed E-state index contributed by atoms with van der Waals surface area (Å²) in [6, 6.07) is 8.79. The molecule has 0 spiro atoms. The van der Waals surface area contributed by atoms with E-state index >= 15 is 0 Å². The lowest BCUT2D eigenvalue weighted by atomic mass is 9.94. The minimum atomic E-state index is 0.166. The number of rotatable bonds is 7. The topological polar surface area (TPSA) is 21.3 Å². The van der Waals surface area contributed by atoms with Gasteiger partial charge in [-0.25, -0.2) is 0 Å². The lowest BCUT2D eigenvalue weighted by molar-refractivity contribution is 0.0504. The van der Waals surface area contributed by atoms with E-state index in [2.05, 4.69) is 61.1 Å². The van der Waals surface area contributed by atoms with Crippen LogP contribution in [0.25, 0.3) is 0 Å². The van der Waals surface area contributed by atoms with E-state index in [1.165, 1.54) is 5.56 Å². The maximum Gasteiger partial charge on any atom is 0.0717 e. The number of halogens is 1. The summed E-state index contributed by atoms with van der Waals surface area (Å²) in [5.74, 6) is 0. The molecular weight excluding hydrogens is 290 g/mol. The molecule has 0 aliphatic heterocycles. The molecule has 1 aromatic rings. The molecule has 0 atom stereocenters. The van der Waals surface area contributed by atoms with Gasteiger partial charge >= 0.3 is 0 Å². The molecule has 0 aromatic heterocycles. The van der Waals surface area contributed by atoms with Gasteiger partial charge in [0.25, 0.3) is 0 Å². The molecule has 1 aromatic carbocycles. The Morgan fingerprint density at radius 1 is 1.22 bits per heavy atom. The fourth-order valence-electron chi connectivity index (χ4n) is 1.56. The zero-order chi connectivity index (χ0) is 13.6. The molecule has 0 aliphatic rings. The quantitative estimate of drug-likeness (QED) is 0.821. The molecule has 0 saturated carbocycles. The molecule has 0 aliphatic carbocycles. The summed E-state index contributed by atoms with van der Waals surface area (Å²) in [4.78, 5) is 0. The Hall–Kier alpha value is -0.380. The predicted molar refractivity (Wildman–Crippen MR) is 80.7 cm³/mol. The van der Waals surface area contributed by atoms with E-state index in [9.17, 15) is 0 Å². The van der Waals surface area contributed by atoms with E-state index < -0.39 is 0 Å². The number of hydrogen-bond donors (Lipinski definition) is 1. The average molecular weight is 314 g/mol. The lowest BCUT2D eigenvalue weighted by Gasteiger charge is -2.26. The van der Waals surface area contributed by atoms with E-state index in [1.807, 2.05) is 12.1 Å². The van der Waals surface area contributed by atoms with Crippen molar-refractivity contribution < 1.29 is 4.74 Å². The third kappa shape index (κ3) is 6.53. The van der Waals surface area contributed by atoms with Crippen molar-refractivity contribution in [3.8, 4) is 0 Å². The Bertz CT molecular complexity index is 346. The number of benzene rings is 1. The van der Waals surface area contributed by atoms with Crippen LogP contribution < -0.4 is 5.32 Å². The molecule has 0 heterocycles. The van der Waals surface area contributed by atoms with Crippen LogP contribution in [0, 0.1) is 5.41 Å². The molecule has 0 saturated heterocycles. The molecule has 2 nitrogen and oxygen atoms in total. The Labute approximate surface area is 119 Å². The van der Waals surface area contributed by atoms with Gasteiger partial charge < -0.3 is 10.1 Å². The van der Waals surface area contributed by atoms with Crippen molar-refractivity contribution in [3.05, 3.63) is 34.3 Å².